The van der Waals surface area contributed by atoms with Gasteiger partial charge in [-0.15, -0.1) is 0 Å². The molecule has 0 saturated carbocycles. The Morgan fingerprint density at radius 2 is 1.61 bits per heavy atom. The number of fused-ring (bicyclic) bond motifs is 1. The highest BCUT2D eigenvalue weighted by Gasteiger charge is 2.35. The number of carbonyl (C=O) groups is 1. The van der Waals surface area contributed by atoms with E-state index in [1.165, 1.54) is 32.0 Å². The van der Waals surface area contributed by atoms with E-state index < -0.39 is 38.8 Å². The molecule has 5 rings (SSSR count). The number of rotatable bonds is 11. The fourth-order valence-corrected chi connectivity index (χ4v) is 6.73. The largest absolute Gasteiger partial charge is 0.493 e. The van der Waals surface area contributed by atoms with Crippen LogP contribution in [0.4, 0.5) is 11.4 Å². The van der Waals surface area contributed by atoms with Gasteiger partial charge < -0.3 is 23.7 Å². The van der Waals surface area contributed by atoms with E-state index in [0.717, 1.165) is 29.5 Å². The molecule has 2 heterocycles. The first-order chi connectivity index (χ1) is 23.4. The lowest BCUT2D eigenvalue weighted by Crippen LogP contribution is -2.40. The third-order valence-electron chi connectivity index (χ3n) is 7.37. The summed E-state index contributed by atoms with van der Waals surface area (Å²) in [5.74, 6) is 0.220. The van der Waals surface area contributed by atoms with Crippen LogP contribution in [0.15, 0.2) is 74.1 Å². The molecule has 0 aliphatic carbocycles. The first kappa shape index (κ1) is 34.8. The lowest BCUT2D eigenvalue weighted by Gasteiger charge is -2.26. The Hall–Kier alpha value is -5.55. The maximum atomic E-state index is 14.1. The molecule has 0 saturated heterocycles. The second-order valence-corrected chi connectivity index (χ2v) is 12.1. The normalized spacial score (nSPS) is 14.1. The van der Waals surface area contributed by atoms with Gasteiger partial charge in [-0.1, -0.05) is 33.3 Å². The lowest BCUT2D eigenvalue weighted by molar-refractivity contribution is -0.394. The highest BCUT2D eigenvalue weighted by molar-refractivity contribution is 9.10. The number of carbonyl (C=O) groups excluding carboxylic acids is 1. The second-order valence-electron chi connectivity index (χ2n) is 10.2. The first-order valence-electron chi connectivity index (χ1n) is 14.3. The third kappa shape index (κ3) is 6.75. The number of halogens is 1. The molecule has 0 fully saturated rings. The number of nitrogens with zero attached hydrogens (tertiary/aromatic N) is 4. The predicted octanol–water partition coefficient (Wildman–Crippen LogP) is 5.20. The van der Waals surface area contributed by atoms with Gasteiger partial charge in [-0.25, -0.2) is 9.79 Å². The summed E-state index contributed by atoms with van der Waals surface area (Å²) in [6.45, 7) is 3.46. The minimum atomic E-state index is -0.936. The maximum Gasteiger partial charge on any atom is 0.338 e. The van der Waals surface area contributed by atoms with E-state index in [-0.39, 0.29) is 34.0 Å². The zero-order valence-corrected chi connectivity index (χ0v) is 28.9. The number of methoxy groups -OCH3 is 3. The minimum absolute atomic E-state index is 0.0890. The van der Waals surface area contributed by atoms with E-state index in [4.69, 9.17) is 23.7 Å². The number of hydrogen-bond acceptors (Lipinski definition) is 13. The molecule has 1 aliphatic heterocycles. The molecule has 15 nitrogen and oxygen atoms in total. The zero-order valence-electron chi connectivity index (χ0n) is 26.5. The maximum absolute atomic E-state index is 14.1. The van der Waals surface area contributed by atoms with Gasteiger partial charge in [-0.2, -0.15) is 0 Å². The summed E-state index contributed by atoms with van der Waals surface area (Å²) >= 11 is 4.68. The molecule has 4 aromatic rings. The van der Waals surface area contributed by atoms with E-state index >= 15 is 0 Å². The SMILES string of the molecule is CCOC(=O)C1=C(C)N=c2s/c(=C\c3ccc(Oc4ccc([N+](=O)[O-])cc4[N+](=O)[O-])c(OC)c3)c(=O)n2[C@H]1c1cc(OC)c(OC)cc1Br. The summed E-state index contributed by atoms with van der Waals surface area (Å²) in [4.78, 5) is 53.6. The van der Waals surface area contributed by atoms with Crippen molar-refractivity contribution in [3.8, 4) is 28.7 Å². The van der Waals surface area contributed by atoms with Gasteiger partial charge in [0.1, 0.15) is 0 Å². The van der Waals surface area contributed by atoms with Crippen LogP contribution in [0.3, 0.4) is 0 Å². The Kier molecular flexibility index (Phi) is 10.1. The fraction of sp³-hybridized carbons (Fsp3) is 0.219. The molecule has 1 aromatic heterocycles. The van der Waals surface area contributed by atoms with Crippen molar-refractivity contribution in [1.29, 1.82) is 0 Å². The monoisotopic (exact) mass is 754 g/mol. The number of benzene rings is 3. The number of allylic oxidation sites excluding steroid dienone is 1. The molecule has 0 N–H and O–H groups in total. The number of esters is 1. The minimum Gasteiger partial charge on any atom is -0.493 e. The quantitative estimate of drug-likeness (QED) is 0.111. The van der Waals surface area contributed by atoms with Crippen molar-refractivity contribution in [3.05, 3.63) is 115 Å². The average molecular weight is 756 g/mol. The van der Waals surface area contributed by atoms with Gasteiger partial charge in [0.2, 0.25) is 5.75 Å². The van der Waals surface area contributed by atoms with Crippen LogP contribution in [0.5, 0.6) is 28.7 Å². The van der Waals surface area contributed by atoms with E-state index in [1.54, 1.807) is 44.2 Å². The van der Waals surface area contributed by atoms with E-state index in [2.05, 4.69) is 20.9 Å². The Bertz CT molecular complexity index is 2230. The van der Waals surface area contributed by atoms with Gasteiger partial charge in [0, 0.05) is 10.5 Å². The summed E-state index contributed by atoms with van der Waals surface area (Å²) in [6, 6.07) is 10.1. The lowest BCUT2D eigenvalue weighted by atomic mass is 9.95. The zero-order chi connectivity index (χ0) is 35.6. The molecule has 254 valence electrons. The topological polar surface area (TPSA) is 184 Å². The average Bonchev–Trinajstić information content (AvgIpc) is 3.38. The van der Waals surface area contributed by atoms with Crippen molar-refractivity contribution >= 4 is 50.7 Å². The molecule has 49 heavy (non-hydrogen) atoms. The van der Waals surface area contributed by atoms with Gasteiger partial charge in [0.15, 0.2) is 27.8 Å². The molecule has 3 aromatic carbocycles. The van der Waals surface area contributed by atoms with Crippen LogP contribution in [0.1, 0.15) is 31.0 Å². The number of ether oxygens (including phenoxy) is 5. The molecule has 1 aliphatic rings. The molecule has 1 atom stereocenters. The van der Waals surface area contributed by atoms with E-state index in [1.807, 2.05) is 0 Å². The predicted molar refractivity (Wildman–Crippen MR) is 180 cm³/mol. The first-order valence-corrected chi connectivity index (χ1v) is 15.9. The molecule has 0 unspecified atom stereocenters. The van der Waals surface area contributed by atoms with E-state index in [0.29, 0.717) is 37.6 Å². The summed E-state index contributed by atoms with van der Waals surface area (Å²) in [5.41, 5.74) is 0.0934. The van der Waals surface area contributed by atoms with Gasteiger partial charge in [-0.05, 0) is 61.4 Å². The van der Waals surface area contributed by atoms with Crippen molar-refractivity contribution in [1.82, 2.24) is 4.57 Å². The smallest absolute Gasteiger partial charge is 0.338 e. The highest BCUT2D eigenvalue weighted by Crippen LogP contribution is 2.41. The van der Waals surface area contributed by atoms with Crippen LogP contribution in [0.25, 0.3) is 6.08 Å². The van der Waals surface area contributed by atoms with Crippen molar-refractivity contribution in [2.24, 2.45) is 4.99 Å². The number of aromatic nitrogens is 1. The van der Waals surface area contributed by atoms with Crippen LogP contribution in [0, 0.1) is 20.2 Å². The number of hydrogen-bond donors (Lipinski definition) is 0. The standard InChI is InChI=1S/C32H27BrN4O11S/c1-6-47-31(39)28-16(2)34-32-35(29(28)19-14-25(45-4)26(46-5)15-20(19)33)30(38)27(49-32)12-17-7-9-23(24(11-17)44-3)48-22-10-8-18(36(40)41)13-21(22)37(42)43/h7-15,29H,6H2,1-5H3/b27-12-/t29-/m0/s1. The number of nitro benzene ring substituents is 2. The van der Waals surface area contributed by atoms with Crippen LogP contribution in [0.2, 0.25) is 0 Å². The van der Waals surface area contributed by atoms with E-state index in [9.17, 15) is 29.8 Å². The number of nitro groups is 2. The Balaban J connectivity index is 1.62. The molecule has 0 spiro atoms. The van der Waals surface area contributed by atoms with Crippen LogP contribution >= 0.6 is 27.3 Å². The number of non-ortho nitro benzene ring substituents is 1. The molecule has 0 amide bonds. The van der Waals surface area contributed by atoms with Gasteiger partial charge in [0.25, 0.3) is 11.2 Å². The summed E-state index contributed by atoms with van der Waals surface area (Å²) in [5, 5.41) is 22.7. The Morgan fingerprint density at radius 3 is 2.24 bits per heavy atom. The molecule has 0 radical (unpaired) electrons. The van der Waals surface area contributed by atoms with Gasteiger partial charge in [-0.3, -0.25) is 29.6 Å². The molecular formula is C32H27BrN4O11S. The van der Waals surface area contributed by atoms with Crippen molar-refractivity contribution in [3.63, 3.8) is 0 Å². The summed E-state index contributed by atoms with van der Waals surface area (Å²) in [6.07, 6.45) is 1.61. The molecule has 17 heteroatoms. The second kappa shape index (κ2) is 14.3. The van der Waals surface area contributed by atoms with Crippen molar-refractivity contribution in [2.75, 3.05) is 27.9 Å². The van der Waals surface area contributed by atoms with Crippen molar-refractivity contribution < 1.29 is 38.3 Å². The summed E-state index contributed by atoms with van der Waals surface area (Å²) < 4.78 is 29.8. The van der Waals surface area contributed by atoms with Crippen LogP contribution in [-0.4, -0.2) is 48.3 Å². The van der Waals surface area contributed by atoms with Gasteiger partial charge >= 0.3 is 11.7 Å². The number of thiazole rings is 1. The van der Waals surface area contributed by atoms with Crippen molar-refractivity contribution in [2.45, 2.75) is 19.9 Å². The van der Waals surface area contributed by atoms with Gasteiger partial charge in [0.05, 0.1) is 65.7 Å². The van der Waals surface area contributed by atoms with Crippen LogP contribution < -0.4 is 33.8 Å². The molecule has 0 bridgehead atoms. The third-order valence-corrected chi connectivity index (χ3v) is 9.04. The fourth-order valence-electron chi connectivity index (χ4n) is 5.14. The molecular weight excluding hydrogens is 728 g/mol. The van der Waals surface area contributed by atoms with Crippen LogP contribution in [-0.2, 0) is 9.53 Å². The highest BCUT2D eigenvalue weighted by atomic mass is 79.9. The Morgan fingerprint density at radius 1 is 0.959 bits per heavy atom. The summed E-state index contributed by atoms with van der Waals surface area (Å²) in [7, 11) is 4.34. The Labute approximate surface area is 289 Å².